The second-order valence-corrected chi connectivity index (χ2v) is 17.8. The van der Waals surface area contributed by atoms with Gasteiger partial charge >= 0.3 is 0 Å². The van der Waals surface area contributed by atoms with Crippen LogP contribution in [0.2, 0.25) is 0 Å². The lowest BCUT2D eigenvalue weighted by atomic mass is 9.88. The lowest BCUT2D eigenvalue weighted by Crippen LogP contribution is -1.96. The molecule has 0 radical (unpaired) electrons. The summed E-state index contributed by atoms with van der Waals surface area (Å²) >= 11 is 0. The molecule has 0 saturated heterocycles. The zero-order valence-corrected chi connectivity index (χ0v) is 37.7. The highest BCUT2D eigenvalue weighted by Crippen LogP contribution is 2.47. The third-order valence-corrected chi connectivity index (χ3v) is 13.7. The van der Waals surface area contributed by atoms with Crippen molar-refractivity contribution in [2.45, 2.75) is 0 Å². The largest absolute Gasteiger partial charge is 0.456 e. The van der Waals surface area contributed by atoms with E-state index in [0.717, 1.165) is 138 Å². The van der Waals surface area contributed by atoms with Crippen LogP contribution in [-0.2, 0) is 0 Å². The molecular weight excluding hydrogens is 855 g/mol. The van der Waals surface area contributed by atoms with Crippen molar-refractivity contribution in [3.8, 4) is 78.5 Å². The fourth-order valence-electron chi connectivity index (χ4n) is 10.4. The number of fused-ring (bicyclic) bond motifs is 9. The van der Waals surface area contributed by atoms with Gasteiger partial charge in [-0.05, 0) is 70.8 Å². The van der Waals surface area contributed by atoms with E-state index in [4.69, 9.17) is 23.8 Å². The van der Waals surface area contributed by atoms with Crippen LogP contribution in [0.15, 0.2) is 245 Å². The Hall–Kier alpha value is -9.45. The molecule has 5 nitrogen and oxygen atoms in total. The molecule has 0 saturated carbocycles. The molecule has 0 atom stereocenters. The summed E-state index contributed by atoms with van der Waals surface area (Å²) in [5, 5.41) is 7.65. The monoisotopic (exact) mass is 893 g/mol. The van der Waals surface area contributed by atoms with Crippen molar-refractivity contribution >= 4 is 65.6 Å². The first-order valence-corrected chi connectivity index (χ1v) is 23.6. The fourth-order valence-corrected chi connectivity index (χ4v) is 10.4. The molecule has 0 spiro atoms. The Morgan fingerprint density at radius 1 is 0.286 bits per heavy atom. The molecule has 14 aromatic rings. The summed E-state index contributed by atoms with van der Waals surface area (Å²) in [5.41, 5.74) is 17.4. The minimum absolute atomic E-state index is 0.646. The number of nitrogens with zero attached hydrogens (tertiary/aromatic N) is 3. The lowest BCUT2D eigenvalue weighted by molar-refractivity contribution is 0.669. The first-order chi connectivity index (χ1) is 34.7. The highest BCUT2D eigenvalue weighted by molar-refractivity contribution is 6.28. The van der Waals surface area contributed by atoms with E-state index in [9.17, 15) is 0 Å². The number of para-hydroxylation sites is 4. The lowest BCUT2D eigenvalue weighted by Gasteiger charge is -2.16. The van der Waals surface area contributed by atoms with E-state index in [1.807, 2.05) is 30.3 Å². The topological polar surface area (TPSA) is 65.0 Å². The van der Waals surface area contributed by atoms with E-state index in [1.165, 1.54) is 0 Å². The summed E-state index contributed by atoms with van der Waals surface area (Å²) in [5.74, 6) is 0.646. The van der Waals surface area contributed by atoms with Gasteiger partial charge < -0.3 is 8.83 Å². The van der Waals surface area contributed by atoms with Gasteiger partial charge in [-0.2, -0.15) is 0 Å². The molecule has 4 heterocycles. The van der Waals surface area contributed by atoms with Gasteiger partial charge in [0.25, 0.3) is 0 Å². The summed E-state index contributed by atoms with van der Waals surface area (Å²) in [7, 11) is 0. The van der Waals surface area contributed by atoms with Crippen LogP contribution in [0.4, 0.5) is 0 Å². The van der Waals surface area contributed by atoms with Crippen LogP contribution in [-0.4, -0.2) is 15.0 Å². The van der Waals surface area contributed by atoms with E-state index in [0.29, 0.717) is 5.82 Å². The van der Waals surface area contributed by atoms with Gasteiger partial charge in [0.05, 0.1) is 22.6 Å². The molecule has 0 fully saturated rings. The Balaban J connectivity index is 0.927. The summed E-state index contributed by atoms with van der Waals surface area (Å²) in [6.45, 7) is 0. The van der Waals surface area contributed by atoms with Crippen molar-refractivity contribution < 1.29 is 8.83 Å². The second-order valence-electron chi connectivity index (χ2n) is 17.8. The number of benzene rings is 10. The molecule has 0 aliphatic heterocycles. The van der Waals surface area contributed by atoms with E-state index < -0.39 is 0 Å². The van der Waals surface area contributed by atoms with Crippen molar-refractivity contribution in [3.63, 3.8) is 0 Å². The van der Waals surface area contributed by atoms with Crippen molar-refractivity contribution in [3.05, 3.63) is 237 Å². The highest BCUT2D eigenvalue weighted by atomic mass is 16.3. The third kappa shape index (κ3) is 6.59. The van der Waals surface area contributed by atoms with E-state index in [-0.39, 0.29) is 0 Å². The van der Waals surface area contributed by atoms with Crippen LogP contribution in [0, 0.1) is 0 Å². The summed E-state index contributed by atoms with van der Waals surface area (Å²) < 4.78 is 13.2. The van der Waals surface area contributed by atoms with Crippen molar-refractivity contribution in [2.75, 3.05) is 0 Å². The molecule has 0 unspecified atom stereocenters. The maximum Gasteiger partial charge on any atom is 0.160 e. The normalized spacial score (nSPS) is 11.7. The zero-order chi connectivity index (χ0) is 46.1. The molecule has 0 amide bonds. The Bertz CT molecular complexity index is 4360. The summed E-state index contributed by atoms with van der Waals surface area (Å²) in [4.78, 5) is 15.9. The van der Waals surface area contributed by atoms with Crippen LogP contribution < -0.4 is 0 Å². The summed E-state index contributed by atoms with van der Waals surface area (Å²) in [6, 6.07) is 82.6. The Morgan fingerprint density at radius 2 is 0.829 bits per heavy atom. The quantitative estimate of drug-likeness (QED) is 0.149. The van der Waals surface area contributed by atoms with Gasteiger partial charge in [0, 0.05) is 71.1 Å². The van der Waals surface area contributed by atoms with Crippen LogP contribution in [0.3, 0.4) is 0 Å². The van der Waals surface area contributed by atoms with E-state index in [2.05, 4.69) is 206 Å². The first-order valence-electron chi connectivity index (χ1n) is 23.6. The van der Waals surface area contributed by atoms with Gasteiger partial charge in [0.2, 0.25) is 0 Å². The first kappa shape index (κ1) is 39.7. The minimum atomic E-state index is 0.646. The number of hydrogen-bond donors (Lipinski definition) is 0. The standard InChI is InChI=1S/C65H39N3O2/c1-3-17-40(18-4-1)55-39-56(45-24-15-23-44(37-45)48-30-16-31-50-49-27-8-11-33-57(49)70-64(48)50)68-65(67-55)47-26-14-22-43(36-47)42-21-13-25-46(35-42)60-61-51-28-7-10-32-54(51)66-63(41-19-5-2-6-20-41)53(61)38-59-62(60)52-29-9-12-34-58(52)69-59/h1-39H. The van der Waals surface area contributed by atoms with Gasteiger partial charge in [-0.3, -0.25) is 0 Å². The maximum absolute atomic E-state index is 6.70. The molecule has 0 N–H and O–H groups in total. The average molecular weight is 894 g/mol. The molecule has 0 aliphatic carbocycles. The van der Waals surface area contributed by atoms with Gasteiger partial charge in [-0.25, -0.2) is 15.0 Å². The average Bonchev–Trinajstić information content (AvgIpc) is 4.01. The highest BCUT2D eigenvalue weighted by Gasteiger charge is 2.22. The van der Waals surface area contributed by atoms with Crippen molar-refractivity contribution in [1.29, 1.82) is 0 Å². The Labute approximate surface area is 402 Å². The van der Waals surface area contributed by atoms with Crippen LogP contribution in [0.25, 0.3) is 144 Å². The van der Waals surface area contributed by atoms with Gasteiger partial charge in [-0.1, -0.05) is 188 Å². The SMILES string of the molecule is c1ccc(-c2cc(-c3cccc(-c4cccc5c4oc4ccccc45)c3)nc(-c3cccc(-c4cccc(-c5c6c(cc7c(-c8ccccc8)nc8ccccc8c57)oc5ccccc56)c4)c3)n2)cc1. The van der Waals surface area contributed by atoms with Gasteiger partial charge in [0.1, 0.15) is 22.3 Å². The molecular formula is C65H39N3O2. The smallest absolute Gasteiger partial charge is 0.160 e. The number of pyridine rings is 1. The zero-order valence-electron chi connectivity index (χ0n) is 37.7. The number of rotatable bonds is 7. The fraction of sp³-hybridized carbons (Fsp3) is 0. The van der Waals surface area contributed by atoms with E-state index in [1.54, 1.807) is 0 Å². The molecule has 4 aromatic heterocycles. The number of hydrogen-bond acceptors (Lipinski definition) is 5. The summed E-state index contributed by atoms with van der Waals surface area (Å²) in [6.07, 6.45) is 0. The van der Waals surface area contributed by atoms with Crippen LogP contribution >= 0.6 is 0 Å². The Morgan fingerprint density at radius 3 is 1.61 bits per heavy atom. The molecule has 5 heteroatoms. The van der Waals surface area contributed by atoms with Crippen LogP contribution in [0.1, 0.15) is 0 Å². The van der Waals surface area contributed by atoms with E-state index >= 15 is 0 Å². The van der Waals surface area contributed by atoms with Crippen molar-refractivity contribution in [2.24, 2.45) is 0 Å². The predicted octanol–water partition coefficient (Wildman–Crippen LogP) is 17.6. The predicted molar refractivity (Wildman–Crippen MR) is 287 cm³/mol. The van der Waals surface area contributed by atoms with Gasteiger partial charge in [0.15, 0.2) is 5.82 Å². The molecule has 0 aliphatic rings. The minimum Gasteiger partial charge on any atom is -0.456 e. The number of aromatic nitrogens is 3. The van der Waals surface area contributed by atoms with Crippen LogP contribution in [0.5, 0.6) is 0 Å². The number of furan rings is 2. The molecule has 10 aromatic carbocycles. The molecule has 326 valence electrons. The maximum atomic E-state index is 6.70. The third-order valence-electron chi connectivity index (χ3n) is 13.7. The van der Waals surface area contributed by atoms with Gasteiger partial charge in [-0.15, -0.1) is 0 Å². The second kappa shape index (κ2) is 16.1. The van der Waals surface area contributed by atoms with Crippen molar-refractivity contribution in [1.82, 2.24) is 15.0 Å². The molecule has 14 rings (SSSR count). The molecule has 0 bridgehead atoms. The Kier molecular flexibility index (Phi) is 9.14. The molecule has 70 heavy (non-hydrogen) atoms.